The van der Waals surface area contributed by atoms with Gasteiger partial charge in [-0.05, 0) is 54.4 Å². The summed E-state index contributed by atoms with van der Waals surface area (Å²) in [6.45, 7) is 0.553. The SMILES string of the molecule is O=C1c2ccccc2C(=O)N1CCCOc1ccc(Nc2nc(Cl)ncc2[N+](=O)[O-])cc1. The van der Waals surface area contributed by atoms with Gasteiger partial charge >= 0.3 is 5.69 Å². The number of amides is 2. The molecule has 0 radical (unpaired) electrons. The molecule has 2 heterocycles. The van der Waals surface area contributed by atoms with E-state index >= 15 is 0 Å². The molecule has 0 unspecified atom stereocenters. The molecule has 0 spiro atoms. The van der Waals surface area contributed by atoms with Gasteiger partial charge in [-0.2, -0.15) is 4.98 Å². The van der Waals surface area contributed by atoms with E-state index in [1.807, 2.05) is 0 Å². The van der Waals surface area contributed by atoms with Crippen LogP contribution in [0.2, 0.25) is 5.28 Å². The molecule has 0 saturated heterocycles. The van der Waals surface area contributed by atoms with Crippen molar-refractivity contribution in [3.8, 4) is 5.75 Å². The van der Waals surface area contributed by atoms with Gasteiger partial charge in [0.1, 0.15) is 11.9 Å². The number of hydrogen-bond acceptors (Lipinski definition) is 8. The minimum absolute atomic E-state index is 0.0235. The zero-order valence-electron chi connectivity index (χ0n) is 16.5. The number of halogens is 1. The monoisotopic (exact) mass is 453 g/mol. The number of ether oxygens (including phenoxy) is 1. The number of rotatable bonds is 8. The molecule has 1 aliphatic rings. The number of fused-ring (bicyclic) bond motifs is 1. The Balaban J connectivity index is 1.30. The molecule has 1 N–H and O–H groups in total. The van der Waals surface area contributed by atoms with Crippen molar-refractivity contribution >= 4 is 40.6 Å². The van der Waals surface area contributed by atoms with Crippen LogP contribution in [0.5, 0.6) is 5.75 Å². The molecule has 0 aliphatic carbocycles. The summed E-state index contributed by atoms with van der Waals surface area (Å²) < 4.78 is 5.67. The Morgan fingerprint density at radius 3 is 2.34 bits per heavy atom. The van der Waals surface area contributed by atoms with Crippen LogP contribution in [-0.4, -0.2) is 44.8 Å². The highest BCUT2D eigenvalue weighted by molar-refractivity contribution is 6.28. The van der Waals surface area contributed by atoms with Crippen LogP contribution in [0.4, 0.5) is 17.2 Å². The Kier molecular flexibility index (Phi) is 5.95. The van der Waals surface area contributed by atoms with E-state index in [1.165, 1.54) is 4.90 Å². The lowest BCUT2D eigenvalue weighted by Gasteiger charge is -2.14. The number of aromatic nitrogens is 2. The third kappa shape index (κ3) is 4.35. The molecular formula is C21H16ClN5O5. The second-order valence-electron chi connectivity index (χ2n) is 6.79. The van der Waals surface area contributed by atoms with Crippen LogP contribution < -0.4 is 10.1 Å². The lowest BCUT2D eigenvalue weighted by Crippen LogP contribution is -2.31. The summed E-state index contributed by atoms with van der Waals surface area (Å²) in [5, 5.41) is 13.8. The van der Waals surface area contributed by atoms with E-state index in [2.05, 4.69) is 15.3 Å². The third-order valence-electron chi connectivity index (χ3n) is 4.73. The Bertz CT molecular complexity index is 1170. The maximum Gasteiger partial charge on any atom is 0.329 e. The highest BCUT2D eigenvalue weighted by Crippen LogP contribution is 2.27. The summed E-state index contributed by atoms with van der Waals surface area (Å²) in [7, 11) is 0. The summed E-state index contributed by atoms with van der Waals surface area (Å²) >= 11 is 5.72. The van der Waals surface area contributed by atoms with Gasteiger partial charge < -0.3 is 10.1 Å². The number of nitrogens with zero attached hydrogens (tertiary/aromatic N) is 4. The molecule has 1 aromatic heterocycles. The van der Waals surface area contributed by atoms with Crippen molar-refractivity contribution in [1.82, 2.24) is 14.9 Å². The second kappa shape index (κ2) is 8.98. The number of carbonyl (C=O) groups excluding carboxylic acids is 2. The first-order valence-electron chi connectivity index (χ1n) is 9.56. The molecule has 10 nitrogen and oxygen atoms in total. The van der Waals surface area contributed by atoms with Gasteiger partial charge in [0, 0.05) is 12.2 Å². The van der Waals surface area contributed by atoms with Crippen molar-refractivity contribution in [1.29, 1.82) is 0 Å². The topological polar surface area (TPSA) is 128 Å². The van der Waals surface area contributed by atoms with Crippen molar-refractivity contribution in [3.63, 3.8) is 0 Å². The van der Waals surface area contributed by atoms with E-state index in [0.717, 1.165) is 6.20 Å². The van der Waals surface area contributed by atoms with Gasteiger partial charge in [0.15, 0.2) is 0 Å². The molecule has 0 saturated carbocycles. The van der Waals surface area contributed by atoms with E-state index in [4.69, 9.17) is 16.3 Å². The smallest absolute Gasteiger partial charge is 0.329 e. The average Bonchev–Trinajstić information content (AvgIpc) is 3.02. The van der Waals surface area contributed by atoms with Gasteiger partial charge in [-0.15, -0.1) is 0 Å². The minimum Gasteiger partial charge on any atom is -0.494 e. The van der Waals surface area contributed by atoms with Crippen LogP contribution >= 0.6 is 11.6 Å². The van der Waals surface area contributed by atoms with Crippen LogP contribution in [0.25, 0.3) is 0 Å². The van der Waals surface area contributed by atoms with E-state index in [9.17, 15) is 19.7 Å². The van der Waals surface area contributed by atoms with E-state index in [1.54, 1.807) is 48.5 Å². The molecular weight excluding hydrogens is 438 g/mol. The first-order valence-corrected chi connectivity index (χ1v) is 9.94. The Morgan fingerprint density at radius 1 is 1.06 bits per heavy atom. The average molecular weight is 454 g/mol. The number of hydrogen-bond donors (Lipinski definition) is 1. The Morgan fingerprint density at radius 2 is 1.72 bits per heavy atom. The zero-order chi connectivity index (χ0) is 22.7. The van der Waals surface area contributed by atoms with Crippen molar-refractivity contribution in [2.75, 3.05) is 18.5 Å². The van der Waals surface area contributed by atoms with Crippen molar-refractivity contribution < 1.29 is 19.2 Å². The van der Waals surface area contributed by atoms with Crippen molar-refractivity contribution in [2.45, 2.75) is 6.42 Å². The van der Waals surface area contributed by atoms with Crippen LogP contribution in [-0.2, 0) is 0 Å². The number of imide groups is 1. The normalized spacial score (nSPS) is 12.6. The standard InChI is InChI=1S/C21H16ClN5O5/c22-21-23-12-17(27(30)31)18(25-21)24-13-6-8-14(9-7-13)32-11-3-10-26-19(28)15-4-1-2-5-16(15)20(26)29/h1-2,4-9,12H,3,10-11H2,(H,23,24,25). The molecule has 0 atom stereocenters. The molecule has 4 rings (SSSR count). The van der Waals surface area contributed by atoms with Gasteiger partial charge in [0.2, 0.25) is 11.1 Å². The van der Waals surface area contributed by atoms with Crippen LogP contribution in [0.1, 0.15) is 27.1 Å². The number of anilines is 2. The quantitative estimate of drug-likeness (QED) is 0.179. The van der Waals surface area contributed by atoms with Gasteiger partial charge in [-0.1, -0.05) is 12.1 Å². The molecule has 2 aromatic carbocycles. The largest absolute Gasteiger partial charge is 0.494 e. The summed E-state index contributed by atoms with van der Waals surface area (Å²) in [5.41, 5.74) is 1.09. The van der Waals surface area contributed by atoms with Gasteiger partial charge in [0.25, 0.3) is 11.8 Å². The van der Waals surface area contributed by atoms with Crippen molar-refractivity contribution in [2.24, 2.45) is 0 Å². The van der Waals surface area contributed by atoms with Gasteiger partial charge in [-0.25, -0.2) is 4.98 Å². The van der Waals surface area contributed by atoms with Gasteiger partial charge in [-0.3, -0.25) is 24.6 Å². The van der Waals surface area contributed by atoms with E-state index in [0.29, 0.717) is 35.6 Å². The summed E-state index contributed by atoms with van der Waals surface area (Å²) in [5.74, 6) is -0.0439. The highest BCUT2D eigenvalue weighted by atomic mass is 35.5. The molecule has 162 valence electrons. The maximum absolute atomic E-state index is 12.3. The fourth-order valence-electron chi connectivity index (χ4n) is 3.21. The summed E-state index contributed by atoms with van der Waals surface area (Å²) in [4.78, 5) is 43.9. The summed E-state index contributed by atoms with van der Waals surface area (Å²) in [6.07, 6.45) is 1.50. The summed E-state index contributed by atoms with van der Waals surface area (Å²) in [6, 6.07) is 13.4. The van der Waals surface area contributed by atoms with E-state index < -0.39 is 4.92 Å². The molecule has 3 aromatic rings. The first-order chi connectivity index (χ1) is 15.4. The lowest BCUT2D eigenvalue weighted by atomic mass is 10.1. The number of nitrogens with one attached hydrogen (secondary N) is 1. The highest BCUT2D eigenvalue weighted by Gasteiger charge is 2.34. The maximum atomic E-state index is 12.3. The fourth-order valence-corrected chi connectivity index (χ4v) is 3.34. The minimum atomic E-state index is -0.607. The van der Waals surface area contributed by atoms with Gasteiger partial charge in [0.05, 0.1) is 22.7 Å². The predicted octanol–water partition coefficient (Wildman–Crippen LogP) is 3.85. The Hall–Kier alpha value is -4.05. The Labute approximate surface area is 187 Å². The molecule has 32 heavy (non-hydrogen) atoms. The first kappa shape index (κ1) is 21.2. The predicted molar refractivity (Wildman–Crippen MR) is 115 cm³/mol. The molecule has 0 fully saturated rings. The zero-order valence-corrected chi connectivity index (χ0v) is 17.3. The third-order valence-corrected chi connectivity index (χ3v) is 4.91. The lowest BCUT2D eigenvalue weighted by molar-refractivity contribution is -0.384. The molecule has 11 heteroatoms. The number of nitro groups is 1. The number of carbonyl (C=O) groups is 2. The molecule has 2 amide bonds. The fraction of sp³-hybridized carbons (Fsp3) is 0.143. The molecule has 1 aliphatic heterocycles. The van der Waals surface area contributed by atoms with Crippen LogP contribution in [0, 0.1) is 10.1 Å². The number of benzene rings is 2. The second-order valence-corrected chi connectivity index (χ2v) is 7.13. The van der Waals surface area contributed by atoms with Crippen LogP contribution in [0.3, 0.4) is 0 Å². The van der Waals surface area contributed by atoms with Crippen LogP contribution in [0.15, 0.2) is 54.7 Å². The van der Waals surface area contributed by atoms with Crippen molar-refractivity contribution in [3.05, 3.63) is 81.3 Å². The van der Waals surface area contributed by atoms with E-state index in [-0.39, 0.29) is 35.1 Å². The molecule has 0 bridgehead atoms.